The highest BCUT2D eigenvalue weighted by atomic mass is 16.5. The Morgan fingerprint density at radius 3 is 2.52 bits per heavy atom. The molecule has 0 aliphatic carbocycles. The number of carboxylic acids is 1. The lowest BCUT2D eigenvalue weighted by Crippen LogP contribution is -2.01. The lowest BCUT2D eigenvalue weighted by Gasteiger charge is -2.02. The van der Waals surface area contributed by atoms with Crippen molar-refractivity contribution in [2.75, 3.05) is 0 Å². The molecule has 2 aromatic carbocycles. The third-order valence-electron chi connectivity index (χ3n) is 3.05. The van der Waals surface area contributed by atoms with E-state index in [4.69, 9.17) is 9.63 Å². The lowest BCUT2D eigenvalue weighted by atomic mass is 10.0. The SMILES string of the molecule is O=C(O)Cc1ccccc1-c1nc(-c2ccccc2)no1. The Bertz CT molecular complexity index is 766. The van der Waals surface area contributed by atoms with Gasteiger partial charge in [0.1, 0.15) is 0 Å². The normalized spacial score (nSPS) is 10.5. The number of hydrogen-bond acceptors (Lipinski definition) is 4. The monoisotopic (exact) mass is 280 g/mol. The number of carbonyl (C=O) groups is 1. The predicted molar refractivity (Wildman–Crippen MR) is 76.5 cm³/mol. The van der Waals surface area contributed by atoms with Crippen molar-refractivity contribution in [3.63, 3.8) is 0 Å². The number of aliphatic carboxylic acids is 1. The van der Waals surface area contributed by atoms with E-state index in [1.807, 2.05) is 36.4 Å². The minimum atomic E-state index is -0.898. The molecule has 0 unspecified atom stereocenters. The first-order valence-electron chi connectivity index (χ1n) is 6.43. The van der Waals surface area contributed by atoms with Crippen molar-refractivity contribution >= 4 is 5.97 Å². The van der Waals surface area contributed by atoms with E-state index in [-0.39, 0.29) is 6.42 Å². The molecule has 0 spiro atoms. The van der Waals surface area contributed by atoms with Crippen LogP contribution in [0.3, 0.4) is 0 Å². The van der Waals surface area contributed by atoms with Gasteiger partial charge in [0.25, 0.3) is 5.89 Å². The maximum absolute atomic E-state index is 10.9. The van der Waals surface area contributed by atoms with Gasteiger partial charge in [-0.15, -0.1) is 0 Å². The fourth-order valence-electron chi connectivity index (χ4n) is 2.08. The summed E-state index contributed by atoms with van der Waals surface area (Å²) in [6, 6.07) is 16.6. The molecule has 0 aliphatic rings. The van der Waals surface area contributed by atoms with E-state index in [1.54, 1.807) is 18.2 Å². The van der Waals surface area contributed by atoms with Crippen LogP contribution in [0.5, 0.6) is 0 Å². The van der Waals surface area contributed by atoms with E-state index < -0.39 is 5.97 Å². The number of nitrogens with zero attached hydrogens (tertiary/aromatic N) is 2. The molecule has 5 heteroatoms. The van der Waals surface area contributed by atoms with Crippen LogP contribution in [0.1, 0.15) is 5.56 Å². The molecule has 5 nitrogen and oxygen atoms in total. The second kappa shape index (κ2) is 5.58. The molecule has 0 saturated heterocycles. The van der Waals surface area contributed by atoms with Crippen molar-refractivity contribution in [2.45, 2.75) is 6.42 Å². The summed E-state index contributed by atoms with van der Waals surface area (Å²) >= 11 is 0. The lowest BCUT2D eigenvalue weighted by molar-refractivity contribution is -0.136. The van der Waals surface area contributed by atoms with E-state index >= 15 is 0 Å². The highest BCUT2D eigenvalue weighted by Crippen LogP contribution is 2.25. The summed E-state index contributed by atoms with van der Waals surface area (Å²) in [7, 11) is 0. The van der Waals surface area contributed by atoms with E-state index in [9.17, 15) is 4.79 Å². The molecule has 0 atom stereocenters. The Balaban J connectivity index is 1.99. The van der Waals surface area contributed by atoms with Crippen LogP contribution in [0, 0.1) is 0 Å². The number of benzene rings is 2. The Labute approximate surface area is 120 Å². The van der Waals surface area contributed by atoms with E-state index in [1.165, 1.54) is 0 Å². The Hall–Kier alpha value is -2.95. The van der Waals surface area contributed by atoms with Gasteiger partial charge in [-0.2, -0.15) is 4.98 Å². The van der Waals surface area contributed by atoms with Gasteiger partial charge < -0.3 is 9.63 Å². The van der Waals surface area contributed by atoms with Gasteiger partial charge in [-0.3, -0.25) is 4.79 Å². The van der Waals surface area contributed by atoms with Crippen LogP contribution in [0.25, 0.3) is 22.8 Å². The van der Waals surface area contributed by atoms with Gasteiger partial charge in [0, 0.05) is 11.1 Å². The molecule has 1 heterocycles. The summed E-state index contributed by atoms with van der Waals surface area (Å²) in [6.07, 6.45) is -0.0841. The largest absolute Gasteiger partial charge is 0.481 e. The number of aromatic nitrogens is 2. The molecule has 0 saturated carbocycles. The van der Waals surface area contributed by atoms with Crippen LogP contribution >= 0.6 is 0 Å². The van der Waals surface area contributed by atoms with Crippen LogP contribution in [0.15, 0.2) is 59.1 Å². The van der Waals surface area contributed by atoms with Gasteiger partial charge in [-0.05, 0) is 11.6 Å². The van der Waals surface area contributed by atoms with Gasteiger partial charge in [0.15, 0.2) is 0 Å². The maximum atomic E-state index is 10.9. The van der Waals surface area contributed by atoms with Crippen molar-refractivity contribution in [2.24, 2.45) is 0 Å². The average molecular weight is 280 g/mol. The molecule has 0 amide bonds. The number of rotatable bonds is 4. The first-order valence-corrected chi connectivity index (χ1v) is 6.43. The predicted octanol–water partition coefficient (Wildman–Crippen LogP) is 3.03. The van der Waals surface area contributed by atoms with Gasteiger partial charge >= 0.3 is 5.97 Å². The van der Waals surface area contributed by atoms with Crippen LogP contribution in [-0.4, -0.2) is 21.2 Å². The molecule has 0 radical (unpaired) electrons. The van der Waals surface area contributed by atoms with E-state index in [2.05, 4.69) is 10.1 Å². The van der Waals surface area contributed by atoms with Crippen molar-refractivity contribution in [1.82, 2.24) is 10.1 Å². The zero-order chi connectivity index (χ0) is 14.7. The smallest absolute Gasteiger partial charge is 0.307 e. The van der Waals surface area contributed by atoms with Crippen molar-refractivity contribution in [1.29, 1.82) is 0 Å². The molecule has 3 aromatic rings. The highest BCUT2D eigenvalue weighted by Gasteiger charge is 2.15. The third kappa shape index (κ3) is 2.81. The fraction of sp³-hybridized carbons (Fsp3) is 0.0625. The van der Waals surface area contributed by atoms with Gasteiger partial charge in [-0.1, -0.05) is 53.7 Å². The Morgan fingerprint density at radius 2 is 1.76 bits per heavy atom. The molecular weight excluding hydrogens is 268 g/mol. The van der Waals surface area contributed by atoms with Crippen molar-refractivity contribution in [3.8, 4) is 22.8 Å². The highest BCUT2D eigenvalue weighted by molar-refractivity contribution is 5.74. The summed E-state index contributed by atoms with van der Waals surface area (Å²) < 4.78 is 5.27. The first kappa shape index (κ1) is 13.1. The van der Waals surface area contributed by atoms with Crippen LogP contribution in [-0.2, 0) is 11.2 Å². The zero-order valence-electron chi connectivity index (χ0n) is 11.1. The number of hydrogen-bond donors (Lipinski definition) is 1. The molecule has 1 N–H and O–H groups in total. The number of carboxylic acid groups (broad SMARTS) is 1. The summed E-state index contributed by atoms with van der Waals surface area (Å²) in [5.74, 6) is -0.0910. The van der Waals surface area contributed by atoms with Crippen molar-refractivity contribution < 1.29 is 14.4 Å². The van der Waals surface area contributed by atoms with Crippen molar-refractivity contribution in [3.05, 3.63) is 60.2 Å². The first-order chi connectivity index (χ1) is 10.2. The zero-order valence-corrected chi connectivity index (χ0v) is 11.1. The molecule has 0 fully saturated rings. The van der Waals surface area contributed by atoms with E-state index in [0.29, 0.717) is 22.8 Å². The summed E-state index contributed by atoms with van der Waals surface area (Å²) in [6.45, 7) is 0. The van der Waals surface area contributed by atoms with Gasteiger partial charge in [-0.25, -0.2) is 0 Å². The van der Waals surface area contributed by atoms with Crippen LogP contribution in [0.2, 0.25) is 0 Å². The quantitative estimate of drug-likeness (QED) is 0.795. The molecule has 104 valence electrons. The van der Waals surface area contributed by atoms with Crippen LogP contribution in [0.4, 0.5) is 0 Å². The van der Waals surface area contributed by atoms with Gasteiger partial charge in [0.05, 0.1) is 6.42 Å². The second-order valence-electron chi connectivity index (χ2n) is 4.52. The molecule has 3 rings (SSSR count). The standard InChI is InChI=1S/C16H12N2O3/c19-14(20)10-12-8-4-5-9-13(12)16-17-15(18-21-16)11-6-2-1-3-7-11/h1-9H,10H2,(H,19,20). The maximum Gasteiger partial charge on any atom is 0.307 e. The van der Waals surface area contributed by atoms with E-state index in [0.717, 1.165) is 5.56 Å². The molecule has 0 bridgehead atoms. The summed E-state index contributed by atoms with van der Waals surface area (Å²) in [5.41, 5.74) is 2.14. The third-order valence-corrected chi connectivity index (χ3v) is 3.05. The average Bonchev–Trinajstić information content (AvgIpc) is 2.98. The minimum Gasteiger partial charge on any atom is -0.481 e. The minimum absolute atomic E-state index is 0.0841. The molecule has 1 aromatic heterocycles. The van der Waals surface area contributed by atoms with Crippen LogP contribution < -0.4 is 0 Å². The second-order valence-corrected chi connectivity index (χ2v) is 4.52. The Kier molecular flexibility index (Phi) is 3.47. The Morgan fingerprint density at radius 1 is 1.05 bits per heavy atom. The molecule has 0 aliphatic heterocycles. The van der Waals surface area contributed by atoms with Gasteiger partial charge in [0.2, 0.25) is 5.82 Å². The topological polar surface area (TPSA) is 76.2 Å². The molecular formula is C16H12N2O3. The summed E-state index contributed by atoms with van der Waals surface area (Å²) in [4.78, 5) is 15.3. The molecule has 21 heavy (non-hydrogen) atoms. The summed E-state index contributed by atoms with van der Waals surface area (Å²) in [5, 5.41) is 12.9. The fourth-order valence-corrected chi connectivity index (χ4v) is 2.08.